The fourth-order valence-corrected chi connectivity index (χ4v) is 2.96. The molecular formula is C17H28N2O. The summed E-state index contributed by atoms with van der Waals surface area (Å²) in [7, 11) is 0. The number of nitrogens with one attached hydrogen (secondary N) is 1. The van der Waals surface area contributed by atoms with Crippen molar-refractivity contribution in [1.82, 2.24) is 0 Å². The van der Waals surface area contributed by atoms with Crippen LogP contribution in [0.1, 0.15) is 52.4 Å². The summed E-state index contributed by atoms with van der Waals surface area (Å²) in [5.41, 5.74) is 7.82. The van der Waals surface area contributed by atoms with E-state index in [0.29, 0.717) is 6.04 Å². The van der Waals surface area contributed by atoms with E-state index < -0.39 is 0 Å². The lowest BCUT2D eigenvalue weighted by Gasteiger charge is -2.29. The molecule has 3 N–H and O–H groups in total. The Kier molecular flexibility index (Phi) is 5.57. The minimum Gasteiger partial charge on any atom is -0.493 e. The van der Waals surface area contributed by atoms with Gasteiger partial charge in [0.2, 0.25) is 0 Å². The Morgan fingerprint density at radius 1 is 1.15 bits per heavy atom. The third-order valence-electron chi connectivity index (χ3n) is 4.20. The lowest BCUT2D eigenvalue weighted by Crippen LogP contribution is -2.25. The molecule has 3 nitrogen and oxygen atoms in total. The standard InChI is InChI=1S/C17H28N2O/c1-3-9-20-17-11-14(18)10-16(12-17)19-15-7-5-13(4-2)6-8-15/h10-13,15,19H,3-9,18H2,1-2H3. The minimum atomic E-state index is 0.582. The van der Waals surface area contributed by atoms with Crippen molar-refractivity contribution in [1.29, 1.82) is 0 Å². The number of anilines is 2. The van der Waals surface area contributed by atoms with Gasteiger partial charge < -0.3 is 15.8 Å². The Bertz CT molecular complexity index is 411. The van der Waals surface area contributed by atoms with Gasteiger partial charge in [-0.2, -0.15) is 0 Å². The van der Waals surface area contributed by atoms with Crippen molar-refractivity contribution in [3.05, 3.63) is 18.2 Å². The minimum absolute atomic E-state index is 0.582. The molecule has 2 rings (SSSR count). The van der Waals surface area contributed by atoms with Gasteiger partial charge in [0.05, 0.1) is 6.61 Å². The molecule has 112 valence electrons. The van der Waals surface area contributed by atoms with Crippen LogP contribution in [0.4, 0.5) is 11.4 Å². The zero-order chi connectivity index (χ0) is 14.4. The average molecular weight is 276 g/mol. The number of hydrogen-bond acceptors (Lipinski definition) is 3. The first kappa shape index (κ1) is 15.0. The van der Waals surface area contributed by atoms with Crippen LogP contribution in [-0.4, -0.2) is 12.6 Å². The van der Waals surface area contributed by atoms with E-state index in [1.165, 1.54) is 32.1 Å². The molecule has 0 spiro atoms. The zero-order valence-corrected chi connectivity index (χ0v) is 12.8. The Hall–Kier alpha value is -1.38. The number of nitrogens with two attached hydrogens (primary N) is 1. The fraction of sp³-hybridized carbons (Fsp3) is 0.647. The van der Waals surface area contributed by atoms with Crippen LogP contribution in [0.5, 0.6) is 5.75 Å². The van der Waals surface area contributed by atoms with Crippen molar-refractivity contribution in [2.45, 2.75) is 58.4 Å². The normalized spacial score (nSPS) is 22.5. The molecule has 0 radical (unpaired) electrons. The van der Waals surface area contributed by atoms with Gasteiger partial charge in [0.25, 0.3) is 0 Å². The number of ether oxygens (including phenoxy) is 1. The van der Waals surface area contributed by atoms with E-state index >= 15 is 0 Å². The molecule has 0 atom stereocenters. The largest absolute Gasteiger partial charge is 0.493 e. The number of hydrogen-bond donors (Lipinski definition) is 2. The summed E-state index contributed by atoms with van der Waals surface area (Å²) in [6, 6.07) is 6.55. The average Bonchev–Trinajstić information content (AvgIpc) is 2.45. The molecule has 0 bridgehead atoms. The predicted octanol–water partition coefficient (Wildman–Crippen LogP) is 4.44. The quantitative estimate of drug-likeness (QED) is 0.755. The Morgan fingerprint density at radius 3 is 2.55 bits per heavy atom. The highest BCUT2D eigenvalue weighted by molar-refractivity contribution is 5.59. The second kappa shape index (κ2) is 7.41. The van der Waals surface area contributed by atoms with Gasteiger partial charge in [0.15, 0.2) is 0 Å². The highest BCUT2D eigenvalue weighted by Gasteiger charge is 2.19. The molecule has 0 unspecified atom stereocenters. The highest BCUT2D eigenvalue weighted by atomic mass is 16.5. The first-order valence-corrected chi connectivity index (χ1v) is 8.01. The molecule has 1 fully saturated rings. The van der Waals surface area contributed by atoms with Gasteiger partial charge >= 0.3 is 0 Å². The monoisotopic (exact) mass is 276 g/mol. The highest BCUT2D eigenvalue weighted by Crippen LogP contribution is 2.30. The van der Waals surface area contributed by atoms with Gasteiger partial charge in [-0.25, -0.2) is 0 Å². The first-order valence-electron chi connectivity index (χ1n) is 8.01. The smallest absolute Gasteiger partial charge is 0.123 e. The number of rotatable bonds is 6. The van der Waals surface area contributed by atoms with Crippen molar-refractivity contribution in [3.8, 4) is 5.75 Å². The second-order valence-corrected chi connectivity index (χ2v) is 5.91. The van der Waals surface area contributed by atoms with Crippen LogP contribution < -0.4 is 15.8 Å². The molecule has 20 heavy (non-hydrogen) atoms. The Balaban J connectivity index is 1.93. The van der Waals surface area contributed by atoms with Gasteiger partial charge in [0.1, 0.15) is 5.75 Å². The molecule has 1 saturated carbocycles. The molecule has 0 amide bonds. The van der Waals surface area contributed by atoms with Crippen molar-refractivity contribution in [2.24, 2.45) is 5.92 Å². The van der Waals surface area contributed by atoms with Crippen molar-refractivity contribution >= 4 is 11.4 Å². The maximum Gasteiger partial charge on any atom is 0.123 e. The molecule has 0 aromatic heterocycles. The Morgan fingerprint density at radius 2 is 1.90 bits per heavy atom. The van der Waals surface area contributed by atoms with Crippen molar-refractivity contribution < 1.29 is 4.74 Å². The third kappa shape index (κ3) is 4.32. The molecule has 0 saturated heterocycles. The van der Waals surface area contributed by atoms with Crippen LogP contribution >= 0.6 is 0 Å². The summed E-state index contributed by atoms with van der Waals surface area (Å²) in [6.45, 7) is 5.15. The first-order chi connectivity index (χ1) is 9.71. The number of benzene rings is 1. The predicted molar refractivity (Wildman–Crippen MR) is 86.3 cm³/mol. The summed E-state index contributed by atoms with van der Waals surface area (Å²) >= 11 is 0. The maximum absolute atomic E-state index is 5.96. The van der Waals surface area contributed by atoms with Gasteiger partial charge in [-0.3, -0.25) is 0 Å². The van der Waals surface area contributed by atoms with Crippen LogP contribution in [0.25, 0.3) is 0 Å². The molecule has 1 aromatic rings. The topological polar surface area (TPSA) is 47.3 Å². The van der Waals surface area contributed by atoms with Crippen molar-refractivity contribution in [2.75, 3.05) is 17.7 Å². The summed E-state index contributed by atoms with van der Waals surface area (Å²) in [6.07, 6.45) is 7.54. The molecular weight excluding hydrogens is 248 g/mol. The number of nitrogen functional groups attached to an aromatic ring is 1. The zero-order valence-electron chi connectivity index (χ0n) is 12.8. The lowest BCUT2D eigenvalue weighted by atomic mass is 9.84. The molecule has 1 aliphatic rings. The van der Waals surface area contributed by atoms with Crippen LogP contribution in [0.3, 0.4) is 0 Å². The molecule has 0 heterocycles. The van der Waals surface area contributed by atoms with Crippen molar-refractivity contribution in [3.63, 3.8) is 0 Å². The molecule has 1 aromatic carbocycles. The van der Waals surface area contributed by atoms with E-state index in [0.717, 1.165) is 36.1 Å². The SMILES string of the molecule is CCCOc1cc(N)cc(NC2CCC(CC)CC2)c1. The molecule has 0 aliphatic heterocycles. The van der Waals surface area contributed by atoms with Crippen LogP contribution in [0.2, 0.25) is 0 Å². The van der Waals surface area contributed by atoms with E-state index in [2.05, 4.69) is 25.2 Å². The molecule has 1 aliphatic carbocycles. The van der Waals surface area contributed by atoms with Crippen LogP contribution in [-0.2, 0) is 0 Å². The van der Waals surface area contributed by atoms with Gasteiger partial charge in [-0.05, 0) is 44.1 Å². The third-order valence-corrected chi connectivity index (χ3v) is 4.20. The van der Waals surface area contributed by atoms with Crippen LogP contribution in [0, 0.1) is 5.92 Å². The fourth-order valence-electron chi connectivity index (χ4n) is 2.96. The van der Waals surface area contributed by atoms with E-state index in [1.807, 2.05) is 12.1 Å². The van der Waals surface area contributed by atoms with E-state index in [-0.39, 0.29) is 0 Å². The van der Waals surface area contributed by atoms with Gasteiger partial charge in [-0.1, -0.05) is 20.3 Å². The molecule has 3 heteroatoms. The second-order valence-electron chi connectivity index (χ2n) is 5.91. The van der Waals surface area contributed by atoms with Gasteiger partial charge in [0, 0.05) is 29.5 Å². The van der Waals surface area contributed by atoms with E-state index in [4.69, 9.17) is 10.5 Å². The van der Waals surface area contributed by atoms with Gasteiger partial charge in [-0.15, -0.1) is 0 Å². The maximum atomic E-state index is 5.96. The summed E-state index contributed by atoms with van der Waals surface area (Å²) in [5, 5.41) is 3.62. The Labute approximate surface area is 122 Å². The summed E-state index contributed by atoms with van der Waals surface area (Å²) in [5.74, 6) is 1.80. The van der Waals surface area contributed by atoms with E-state index in [1.54, 1.807) is 0 Å². The van der Waals surface area contributed by atoms with E-state index in [9.17, 15) is 0 Å². The van der Waals surface area contributed by atoms with Crippen LogP contribution in [0.15, 0.2) is 18.2 Å². The summed E-state index contributed by atoms with van der Waals surface area (Å²) in [4.78, 5) is 0. The summed E-state index contributed by atoms with van der Waals surface area (Å²) < 4.78 is 5.68. The lowest BCUT2D eigenvalue weighted by molar-refractivity contribution is 0.317.